The van der Waals surface area contributed by atoms with E-state index in [1.165, 1.54) is 10.1 Å². The third-order valence-electron chi connectivity index (χ3n) is 9.25. The van der Waals surface area contributed by atoms with Crippen molar-refractivity contribution in [3.05, 3.63) is 98.2 Å². The van der Waals surface area contributed by atoms with Gasteiger partial charge in [-0.1, -0.05) is 54.1 Å². The number of benzene rings is 2. The monoisotopic (exact) mass is 697 g/mol. The molecule has 50 heavy (non-hydrogen) atoms. The number of nitrogens with zero attached hydrogens (tertiary/aromatic N) is 7. The Morgan fingerprint density at radius 1 is 0.880 bits per heavy atom. The molecule has 2 aromatic carbocycles. The van der Waals surface area contributed by atoms with Gasteiger partial charge >= 0.3 is 11.8 Å². The van der Waals surface area contributed by atoms with E-state index >= 15 is 0 Å². The van der Waals surface area contributed by atoms with Crippen LogP contribution in [0.25, 0.3) is 34.4 Å². The molecule has 7 rings (SSSR count). The molecule has 0 saturated carbocycles. The van der Waals surface area contributed by atoms with E-state index in [9.17, 15) is 14.4 Å². The first-order valence-electron chi connectivity index (χ1n) is 17.1. The second-order valence-corrected chi connectivity index (χ2v) is 14.4. The Kier molecular flexibility index (Phi) is 9.32. The highest BCUT2D eigenvalue weighted by atomic mass is 35.5. The van der Waals surface area contributed by atoms with E-state index < -0.39 is 16.9 Å². The Morgan fingerprint density at radius 3 is 2.28 bits per heavy atom. The topological polar surface area (TPSA) is 129 Å². The van der Waals surface area contributed by atoms with E-state index in [1.54, 1.807) is 33.8 Å². The van der Waals surface area contributed by atoms with Crippen LogP contribution in [0.2, 0.25) is 5.02 Å². The molecule has 2 saturated heterocycles. The molecule has 0 radical (unpaired) electrons. The number of likely N-dealkylation sites (tertiary alicyclic amines) is 2. The number of carbonyl (C=O) groups excluding carboxylic acids is 1. The summed E-state index contributed by atoms with van der Waals surface area (Å²) in [7, 11) is 0. The molecule has 5 heterocycles. The Balaban J connectivity index is 1.22. The molecule has 2 fully saturated rings. The van der Waals surface area contributed by atoms with Gasteiger partial charge in [0.25, 0.3) is 5.56 Å². The number of aromatic nitrogens is 5. The fourth-order valence-corrected chi connectivity index (χ4v) is 6.95. The van der Waals surface area contributed by atoms with Crippen LogP contribution in [0.1, 0.15) is 64.1 Å². The third-order valence-corrected chi connectivity index (χ3v) is 9.48. The molecule has 0 atom stereocenters. The number of halogens is 1. The van der Waals surface area contributed by atoms with E-state index in [-0.39, 0.29) is 35.5 Å². The van der Waals surface area contributed by atoms with Gasteiger partial charge in [-0.15, -0.1) is 5.10 Å². The molecule has 1 amide bonds. The quantitative estimate of drug-likeness (QED) is 0.201. The highest BCUT2D eigenvalue weighted by molar-refractivity contribution is 6.30. The fourth-order valence-electron chi connectivity index (χ4n) is 6.76. The number of amides is 1. The van der Waals surface area contributed by atoms with Crippen LogP contribution in [0.3, 0.4) is 0 Å². The predicted molar refractivity (Wildman–Crippen MR) is 189 cm³/mol. The van der Waals surface area contributed by atoms with Gasteiger partial charge in [0, 0.05) is 49.4 Å². The zero-order chi connectivity index (χ0) is 35.0. The van der Waals surface area contributed by atoms with E-state index in [0.717, 1.165) is 25.2 Å². The zero-order valence-corrected chi connectivity index (χ0v) is 29.2. The van der Waals surface area contributed by atoms with Crippen molar-refractivity contribution in [2.75, 3.05) is 26.2 Å². The summed E-state index contributed by atoms with van der Waals surface area (Å²) in [5.41, 5.74) is 0.345. The van der Waals surface area contributed by atoms with Gasteiger partial charge in [-0.25, -0.2) is 19.3 Å². The minimum atomic E-state index is -0.611. The summed E-state index contributed by atoms with van der Waals surface area (Å²) in [5.74, 6) is 1.24. The first-order valence-corrected chi connectivity index (χ1v) is 17.4. The lowest BCUT2D eigenvalue weighted by atomic mass is 10.0. The third kappa shape index (κ3) is 7.22. The maximum atomic E-state index is 14.3. The summed E-state index contributed by atoms with van der Waals surface area (Å²) in [6, 6.07) is 20.6. The van der Waals surface area contributed by atoms with Crippen molar-refractivity contribution < 1.29 is 13.9 Å². The first-order chi connectivity index (χ1) is 24.0. The molecule has 4 aliphatic rings. The number of carbonyl (C=O) groups is 1. The van der Waals surface area contributed by atoms with E-state index in [1.807, 2.05) is 51.1 Å². The summed E-state index contributed by atoms with van der Waals surface area (Å²) in [6.07, 6.45) is 1.92. The molecule has 0 spiro atoms. The largest absolute Gasteiger partial charge is 0.453 e. The highest BCUT2D eigenvalue weighted by Crippen LogP contribution is 2.32. The molecule has 0 aliphatic carbocycles. The smallest absolute Gasteiger partial charge is 0.410 e. The molecular weight excluding hydrogens is 658 g/mol. The maximum absolute atomic E-state index is 14.3. The van der Waals surface area contributed by atoms with Crippen LogP contribution >= 0.6 is 11.6 Å². The number of hydrogen-bond acceptors (Lipinski definition) is 9. The highest BCUT2D eigenvalue weighted by Gasteiger charge is 2.33. The van der Waals surface area contributed by atoms with Gasteiger partial charge in [0.05, 0.1) is 6.04 Å². The van der Waals surface area contributed by atoms with Gasteiger partial charge in [-0.05, 0) is 76.3 Å². The Morgan fingerprint density at radius 2 is 1.58 bits per heavy atom. The Labute approximate surface area is 294 Å². The van der Waals surface area contributed by atoms with Gasteiger partial charge in [-0.3, -0.25) is 14.3 Å². The molecule has 12 nitrogen and oxygen atoms in total. The van der Waals surface area contributed by atoms with Crippen molar-refractivity contribution in [1.82, 2.24) is 34.1 Å². The minimum Gasteiger partial charge on any atom is -0.453 e. The van der Waals surface area contributed by atoms with E-state index in [0.29, 0.717) is 55.3 Å². The number of fused-ring (bicyclic) bond motifs is 1. The van der Waals surface area contributed by atoms with Crippen molar-refractivity contribution in [2.24, 2.45) is 0 Å². The summed E-state index contributed by atoms with van der Waals surface area (Å²) in [5, 5.41) is 5.39. The molecule has 13 heteroatoms. The molecule has 0 N–H and O–H groups in total. The van der Waals surface area contributed by atoms with Crippen molar-refractivity contribution in [1.29, 1.82) is 0 Å². The minimum absolute atomic E-state index is 0.0524. The van der Waals surface area contributed by atoms with Gasteiger partial charge in [-0.2, -0.15) is 4.98 Å². The Hall–Kier alpha value is -4.81. The molecule has 260 valence electrons. The zero-order valence-electron chi connectivity index (χ0n) is 28.4. The van der Waals surface area contributed by atoms with Crippen molar-refractivity contribution in [3.8, 4) is 34.4 Å². The van der Waals surface area contributed by atoms with Gasteiger partial charge in [0.1, 0.15) is 11.4 Å². The maximum Gasteiger partial charge on any atom is 0.410 e. The standard InChI is InChI=1S/C37H40ClN7O5/c1-37(2,3)50-36(48)43-20-16-28(17-21-43)45-33-31(39-32(41-45)30-13-12-29(49-30)25-10-7-11-26(38)22-25)34(46)44(35(47)40-33)27-14-18-42(19-15-27)23-24-8-5-4-6-9-24/h4-13,22,27-28H,14-21,23H2,1-3H3. The van der Waals surface area contributed by atoms with Gasteiger partial charge in [0.15, 0.2) is 17.3 Å². The number of rotatable bonds is 6. The Bertz CT molecular complexity index is 2070. The predicted octanol–water partition coefficient (Wildman–Crippen LogP) is 6.29. The SMILES string of the molecule is CC(C)(C)OC(=O)N1CCC(n2nc(-c3ccc(-c4cccc(Cl)c4)o3)nc3c(=O)n(C4CCN(Cc5ccccc5)CC4)c(=O)nc2-3)CC1. The van der Waals surface area contributed by atoms with Crippen LogP contribution in [0.5, 0.6) is 0 Å². The number of piperidine rings is 2. The van der Waals surface area contributed by atoms with Crippen LogP contribution < -0.4 is 11.2 Å². The average Bonchev–Trinajstić information content (AvgIpc) is 3.59. The lowest BCUT2D eigenvalue weighted by Crippen LogP contribution is -2.46. The van der Waals surface area contributed by atoms with Crippen LogP contribution in [0.15, 0.2) is 80.7 Å². The number of hydrogen-bond donors (Lipinski definition) is 0. The summed E-state index contributed by atoms with van der Waals surface area (Å²) in [4.78, 5) is 53.9. The average molecular weight is 698 g/mol. The van der Waals surface area contributed by atoms with Crippen LogP contribution in [-0.2, 0) is 11.3 Å². The molecule has 1 aromatic heterocycles. The molecule has 4 aliphatic heterocycles. The van der Waals surface area contributed by atoms with Crippen molar-refractivity contribution in [3.63, 3.8) is 0 Å². The van der Waals surface area contributed by atoms with Crippen LogP contribution in [-0.4, -0.2) is 72.0 Å². The van der Waals surface area contributed by atoms with E-state index in [2.05, 4.69) is 22.0 Å². The molecular formula is C37H40ClN7O5. The van der Waals surface area contributed by atoms with Crippen LogP contribution in [0, 0.1) is 0 Å². The summed E-state index contributed by atoms with van der Waals surface area (Å²) < 4.78 is 14.7. The second kappa shape index (κ2) is 13.8. The van der Waals surface area contributed by atoms with Crippen molar-refractivity contribution in [2.45, 2.75) is 70.7 Å². The second-order valence-electron chi connectivity index (χ2n) is 14.0. The summed E-state index contributed by atoms with van der Waals surface area (Å²) in [6.45, 7) is 8.63. The van der Waals surface area contributed by atoms with E-state index in [4.69, 9.17) is 30.8 Å². The van der Waals surface area contributed by atoms with Crippen LogP contribution in [0.4, 0.5) is 4.79 Å². The lowest BCUT2D eigenvalue weighted by Gasteiger charge is -2.34. The summed E-state index contributed by atoms with van der Waals surface area (Å²) >= 11 is 6.23. The lowest BCUT2D eigenvalue weighted by molar-refractivity contribution is 0.0184. The molecule has 0 bridgehead atoms. The molecule has 0 unspecified atom stereocenters. The number of ether oxygens (including phenoxy) is 1. The van der Waals surface area contributed by atoms with Crippen molar-refractivity contribution >= 4 is 17.7 Å². The first kappa shape index (κ1) is 33.7. The fraction of sp³-hybridized carbons (Fsp3) is 0.405. The normalized spacial score (nSPS) is 16.6. The van der Waals surface area contributed by atoms with Gasteiger partial charge in [0.2, 0.25) is 5.82 Å². The molecule has 3 aromatic rings. The van der Waals surface area contributed by atoms with Gasteiger partial charge < -0.3 is 14.1 Å². The number of furan rings is 1.